The average Bonchev–Trinajstić information content (AvgIpc) is 3.26. The van der Waals surface area contributed by atoms with Crippen LogP contribution in [0.15, 0.2) is 29.9 Å². The molecule has 0 aliphatic carbocycles. The number of carbonyl (C=O) groups is 1. The Morgan fingerprint density at radius 3 is 3.04 bits per heavy atom. The minimum atomic E-state index is 0.357. The summed E-state index contributed by atoms with van der Waals surface area (Å²) in [7, 11) is 2.06. The molecule has 2 atom stereocenters. The number of thiophene rings is 1. The lowest BCUT2D eigenvalue weighted by atomic mass is 9.83. The maximum Gasteiger partial charge on any atom is 0.222 e. The molecule has 0 aromatic carbocycles. The molecule has 2 fully saturated rings. The number of imidazole rings is 1. The standard InChI is InChI=1S/C19H26N4OS/c1-21-11-8-20-18(21)14-22-9-7-17-15(13-22)4-5-19(24)23(17)10-6-16-3-2-12-25-16/h2-3,8,11-12,15,17H,4-7,9-10,13-14H2,1H3/t15-,17+/m0/s1. The molecule has 2 aliphatic heterocycles. The Kier molecular flexibility index (Phi) is 4.90. The first-order chi connectivity index (χ1) is 12.2. The number of nitrogens with zero attached hydrogens (tertiary/aromatic N) is 4. The first kappa shape index (κ1) is 16.8. The molecule has 0 radical (unpaired) electrons. The van der Waals surface area contributed by atoms with E-state index in [9.17, 15) is 4.79 Å². The van der Waals surface area contributed by atoms with Crippen molar-refractivity contribution < 1.29 is 4.79 Å². The van der Waals surface area contributed by atoms with Gasteiger partial charge in [-0.15, -0.1) is 11.3 Å². The van der Waals surface area contributed by atoms with Crippen LogP contribution in [-0.2, 0) is 24.8 Å². The molecule has 6 heteroatoms. The Morgan fingerprint density at radius 2 is 2.28 bits per heavy atom. The van der Waals surface area contributed by atoms with Crippen LogP contribution >= 0.6 is 11.3 Å². The summed E-state index contributed by atoms with van der Waals surface area (Å²) in [5, 5.41) is 2.12. The first-order valence-electron chi connectivity index (χ1n) is 9.21. The summed E-state index contributed by atoms with van der Waals surface area (Å²) in [5.74, 6) is 2.09. The molecule has 0 unspecified atom stereocenters. The van der Waals surface area contributed by atoms with E-state index in [0.717, 1.165) is 51.3 Å². The number of hydrogen-bond donors (Lipinski definition) is 0. The SMILES string of the molecule is Cn1ccnc1CN1CC[C@@H]2[C@@H](CCC(=O)N2CCc2cccs2)C1. The second-order valence-corrected chi connectivity index (χ2v) is 8.29. The van der Waals surface area contributed by atoms with E-state index in [1.807, 2.05) is 12.4 Å². The minimum Gasteiger partial charge on any atom is -0.339 e. The monoisotopic (exact) mass is 358 g/mol. The quantitative estimate of drug-likeness (QED) is 0.825. The highest BCUT2D eigenvalue weighted by Crippen LogP contribution is 2.32. The minimum absolute atomic E-state index is 0.357. The first-order valence-corrected chi connectivity index (χ1v) is 10.1. The zero-order valence-corrected chi connectivity index (χ0v) is 15.6. The summed E-state index contributed by atoms with van der Waals surface area (Å²) < 4.78 is 2.10. The van der Waals surface area contributed by atoms with Crippen molar-refractivity contribution in [3.05, 3.63) is 40.6 Å². The second kappa shape index (κ2) is 7.30. The maximum absolute atomic E-state index is 12.5. The lowest BCUT2D eigenvalue weighted by molar-refractivity contribution is -0.141. The van der Waals surface area contributed by atoms with Gasteiger partial charge in [0.05, 0.1) is 6.54 Å². The molecule has 0 saturated carbocycles. The zero-order chi connectivity index (χ0) is 17.2. The largest absolute Gasteiger partial charge is 0.339 e. The van der Waals surface area contributed by atoms with Crippen molar-refractivity contribution in [1.82, 2.24) is 19.4 Å². The fourth-order valence-corrected chi connectivity index (χ4v) is 4.99. The molecule has 4 heterocycles. The van der Waals surface area contributed by atoms with Gasteiger partial charge >= 0.3 is 0 Å². The Hall–Kier alpha value is -1.66. The van der Waals surface area contributed by atoms with Crippen molar-refractivity contribution in [2.45, 2.75) is 38.3 Å². The Morgan fingerprint density at radius 1 is 1.36 bits per heavy atom. The van der Waals surface area contributed by atoms with Crippen molar-refractivity contribution in [2.24, 2.45) is 13.0 Å². The third-order valence-corrected chi connectivity index (χ3v) is 6.63. The Bertz CT molecular complexity index is 711. The summed E-state index contributed by atoms with van der Waals surface area (Å²) in [6, 6.07) is 4.70. The van der Waals surface area contributed by atoms with E-state index in [0.29, 0.717) is 24.3 Å². The molecule has 1 amide bonds. The average molecular weight is 359 g/mol. The highest BCUT2D eigenvalue weighted by atomic mass is 32.1. The van der Waals surface area contributed by atoms with E-state index in [4.69, 9.17) is 0 Å². The number of fused-ring (bicyclic) bond motifs is 1. The van der Waals surface area contributed by atoms with Gasteiger partial charge in [0.25, 0.3) is 0 Å². The van der Waals surface area contributed by atoms with Crippen molar-refractivity contribution in [1.29, 1.82) is 0 Å². The van der Waals surface area contributed by atoms with Crippen molar-refractivity contribution >= 4 is 17.2 Å². The highest BCUT2D eigenvalue weighted by Gasteiger charge is 2.39. The predicted octanol–water partition coefficient (Wildman–Crippen LogP) is 2.54. The summed E-state index contributed by atoms with van der Waals surface area (Å²) in [6.45, 7) is 3.92. The molecule has 2 aromatic rings. The molecule has 25 heavy (non-hydrogen) atoms. The molecule has 0 N–H and O–H groups in total. The van der Waals surface area contributed by atoms with Gasteiger partial charge in [0.1, 0.15) is 5.82 Å². The normalized spacial score (nSPS) is 24.5. The van der Waals surface area contributed by atoms with Crippen molar-refractivity contribution in [3.63, 3.8) is 0 Å². The van der Waals surface area contributed by atoms with Crippen LogP contribution in [0.2, 0.25) is 0 Å². The molecule has 4 rings (SSSR count). The second-order valence-electron chi connectivity index (χ2n) is 7.26. The van der Waals surface area contributed by atoms with Gasteiger partial charge in [0.2, 0.25) is 5.91 Å². The number of amides is 1. The van der Waals surface area contributed by atoms with Crippen molar-refractivity contribution in [3.8, 4) is 0 Å². The molecule has 0 spiro atoms. The van der Waals surface area contributed by atoms with Crippen LogP contribution in [0.25, 0.3) is 0 Å². The lowest BCUT2D eigenvalue weighted by Gasteiger charge is -2.47. The van der Waals surface area contributed by atoms with Crippen LogP contribution in [0.3, 0.4) is 0 Å². The summed E-state index contributed by atoms with van der Waals surface area (Å²) in [5.41, 5.74) is 0. The van der Waals surface area contributed by atoms with E-state index >= 15 is 0 Å². The summed E-state index contributed by atoms with van der Waals surface area (Å²) in [4.78, 5) is 23.0. The number of likely N-dealkylation sites (tertiary alicyclic amines) is 2. The van der Waals surface area contributed by atoms with Gasteiger partial charge in [-0.1, -0.05) is 6.07 Å². The van der Waals surface area contributed by atoms with E-state index < -0.39 is 0 Å². The topological polar surface area (TPSA) is 41.4 Å². The number of aromatic nitrogens is 2. The third-order valence-electron chi connectivity index (χ3n) is 5.69. The zero-order valence-electron chi connectivity index (χ0n) is 14.8. The van der Waals surface area contributed by atoms with Gasteiger partial charge in [0, 0.05) is 56.4 Å². The van der Waals surface area contributed by atoms with Crippen molar-refractivity contribution in [2.75, 3.05) is 19.6 Å². The number of aryl methyl sites for hydroxylation is 1. The van der Waals surface area contributed by atoms with E-state index in [2.05, 4.69) is 43.9 Å². The lowest BCUT2D eigenvalue weighted by Crippen LogP contribution is -2.56. The van der Waals surface area contributed by atoms with E-state index in [1.54, 1.807) is 11.3 Å². The van der Waals surface area contributed by atoms with E-state index in [-0.39, 0.29) is 0 Å². The van der Waals surface area contributed by atoms with Crippen LogP contribution in [0.1, 0.15) is 30.0 Å². The Balaban J connectivity index is 1.38. The maximum atomic E-state index is 12.5. The number of hydrogen-bond acceptors (Lipinski definition) is 4. The number of rotatable bonds is 5. The third kappa shape index (κ3) is 3.65. The predicted molar refractivity (Wildman–Crippen MR) is 99.4 cm³/mol. The molecule has 134 valence electrons. The van der Waals surface area contributed by atoms with Crippen LogP contribution in [0.5, 0.6) is 0 Å². The molecule has 5 nitrogen and oxygen atoms in total. The highest BCUT2D eigenvalue weighted by molar-refractivity contribution is 7.09. The van der Waals surface area contributed by atoms with Gasteiger partial charge in [-0.25, -0.2) is 4.98 Å². The molecule has 2 aromatic heterocycles. The number of carbonyl (C=O) groups excluding carboxylic acids is 1. The smallest absolute Gasteiger partial charge is 0.222 e. The van der Waals surface area contributed by atoms with Crippen LogP contribution in [0, 0.1) is 5.92 Å². The van der Waals surface area contributed by atoms with Gasteiger partial charge in [-0.2, -0.15) is 0 Å². The van der Waals surface area contributed by atoms with Gasteiger partial charge in [0.15, 0.2) is 0 Å². The molecule has 2 aliphatic rings. The van der Waals surface area contributed by atoms with Gasteiger partial charge < -0.3 is 9.47 Å². The Labute approximate surface area is 153 Å². The molecule has 0 bridgehead atoms. The fraction of sp³-hybridized carbons (Fsp3) is 0.579. The fourth-order valence-electron chi connectivity index (χ4n) is 4.30. The molecular weight excluding hydrogens is 332 g/mol. The molecule has 2 saturated heterocycles. The van der Waals surface area contributed by atoms with E-state index in [1.165, 1.54) is 4.88 Å². The van der Waals surface area contributed by atoms with Crippen LogP contribution in [0.4, 0.5) is 0 Å². The summed E-state index contributed by atoms with van der Waals surface area (Å²) >= 11 is 1.79. The van der Waals surface area contributed by atoms with Gasteiger partial charge in [-0.3, -0.25) is 9.69 Å². The van der Waals surface area contributed by atoms with Crippen LogP contribution in [-0.4, -0.2) is 50.9 Å². The number of piperidine rings is 2. The van der Waals surface area contributed by atoms with Crippen LogP contribution < -0.4 is 0 Å². The molecular formula is C19H26N4OS. The summed E-state index contributed by atoms with van der Waals surface area (Å²) in [6.07, 6.45) is 7.70. The van der Waals surface area contributed by atoms with Gasteiger partial charge in [-0.05, 0) is 36.6 Å².